The van der Waals surface area contributed by atoms with Gasteiger partial charge in [-0.1, -0.05) is 0 Å². The van der Waals surface area contributed by atoms with E-state index >= 15 is 0 Å². The molecular weight excluding hydrogens is 172 g/mol. The maximum Gasteiger partial charge on any atom is 0.389 e. The van der Waals surface area contributed by atoms with Crippen molar-refractivity contribution in [1.29, 1.82) is 0 Å². The van der Waals surface area contributed by atoms with Gasteiger partial charge in [-0.3, -0.25) is 0 Å². The van der Waals surface area contributed by atoms with Crippen molar-refractivity contribution in [1.82, 2.24) is 0 Å². The lowest BCUT2D eigenvalue weighted by atomic mass is 10.2. The van der Waals surface area contributed by atoms with Crippen LogP contribution in [-0.2, 0) is 0 Å². The zero-order valence-corrected chi connectivity index (χ0v) is 6.91. The topological polar surface area (TPSA) is 39.0 Å². The highest BCUT2D eigenvalue weighted by atomic mass is 16.7. The van der Waals surface area contributed by atoms with Gasteiger partial charge in [0.05, 0.1) is 6.07 Å². The standard InChI is InChI=1S/C9H8O4/c1-2-11-7-4-9-8(12-5-13-9)3-6(7)10-1/h3-4H,1-2,5H2/q+1. The van der Waals surface area contributed by atoms with E-state index in [-0.39, 0.29) is 6.79 Å². The zero-order chi connectivity index (χ0) is 8.67. The van der Waals surface area contributed by atoms with E-state index in [4.69, 9.17) is 18.9 Å². The molecule has 13 heavy (non-hydrogen) atoms. The van der Waals surface area contributed by atoms with Crippen LogP contribution in [0.2, 0.25) is 0 Å². The van der Waals surface area contributed by atoms with E-state index < -0.39 is 0 Å². The Bertz CT molecular complexity index is 315. The quantitative estimate of drug-likeness (QED) is 0.562. The molecule has 1 radical (unpaired) electrons. The summed E-state index contributed by atoms with van der Waals surface area (Å²) in [5, 5.41) is 0. The van der Waals surface area contributed by atoms with E-state index in [1.807, 2.05) is 0 Å². The molecule has 0 saturated heterocycles. The SMILES string of the molecule is c1c2c(cc3c1OCC[O+]3)OCO2. The molecule has 1 aromatic carbocycles. The molecule has 0 unspecified atom stereocenters. The van der Waals surface area contributed by atoms with Crippen molar-refractivity contribution in [3.05, 3.63) is 12.1 Å². The molecule has 4 heteroatoms. The van der Waals surface area contributed by atoms with E-state index in [1.54, 1.807) is 12.1 Å². The number of benzene rings is 1. The molecule has 0 N–H and O–H groups in total. The lowest BCUT2D eigenvalue weighted by molar-refractivity contribution is 0.171. The van der Waals surface area contributed by atoms with Crippen LogP contribution in [0.15, 0.2) is 12.1 Å². The van der Waals surface area contributed by atoms with Gasteiger partial charge in [-0.25, -0.2) is 4.74 Å². The monoisotopic (exact) mass is 180 g/mol. The Hall–Kier alpha value is -1.58. The highest BCUT2D eigenvalue weighted by Crippen LogP contribution is 2.42. The molecule has 3 rings (SSSR count). The molecular formula is C9H8O4+. The molecule has 0 bridgehead atoms. The van der Waals surface area contributed by atoms with Gasteiger partial charge in [-0.2, -0.15) is 0 Å². The van der Waals surface area contributed by atoms with Gasteiger partial charge in [-0.05, 0) is 0 Å². The van der Waals surface area contributed by atoms with Crippen molar-refractivity contribution >= 4 is 0 Å². The molecule has 1 aromatic rings. The molecule has 0 fully saturated rings. The lowest BCUT2D eigenvalue weighted by Crippen LogP contribution is -2.15. The fourth-order valence-electron chi connectivity index (χ4n) is 1.43. The molecule has 67 valence electrons. The fraction of sp³-hybridized carbons (Fsp3) is 0.333. The van der Waals surface area contributed by atoms with Gasteiger partial charge in [-0.15, -0.1) is 0 Å². The van der Waals surface area contributed by atoms with E-state index in [0.29, 0.717) is 13.2 Å². The molecule has 0 saturated carbocycles. The van der Waals surface area contributed by atoms with E-state index in [0.717, 1.165) is 23.0 Å². The molecule has 2 aliphatic heterocycles. The highest BCUT2D eigenvalue weighted by Gasteiger charge is 2.28. The molecule has 0 atom stereocenters. The van der Waals surface area contributed by atoms with Crippen LogP contribution >= 0.6 is 0 Å². The number of rotatable bonds is 0. The highest BCUT2D eigenvalue weighted by molar-refractivity contribution is 5.55. The van der Waals surface area contributed by atoms with Gasteiger partial charge in [0, 0.05) is 6.07 Å². The molecule has 4 nitrogen and oxygen atoms in total. The van der Waals surface area contributed by atoms with E-state index in [1.165, 1.54) is 0 Å². The second kappa shape index (κ2) is 2.45. The van der Waals surface area contributed by atoms with Crippen LogP contribution in [-0.4, -0.2) is 20.0 Å². The first-order valence-electron chi connectivity index (χ1n) is 4.13. The Balaban J connectivity index is 2.11. The van der Waals surface area contributed by atoms with Gasteiger partial charge < -0.3 is 14.2 Å². The average molecular weight is 180 g/mol. The van der Waals surface area contributed by atoms with Crippen LogP contribution in [0.5, 0.6) is 23.0 Å². The molecule has 2 heterocycles. The minimum absolute atomic E-state index is 0.276. The summed E-state index contributed by atoms with van der Waals surface area (Å²) in [6.45, 7) is 1.46. The summed E-state index contributed by atoms with van der Waals surface area (Å²) < 4.78 is 21.2. The summed E-state index contributed by atoms with van der Waals surface area (Å²) in [5.41, 5.74) is 0. The van der Waals surface area contributed by atoms with Crippen molar-refractivity contribution in [3.63, 3.8) is 0 Å². The fourth-order valence-corrected chi connectivity index (χ4v) is 1.43. The third kappa shape index (κ3) is 0.983. The third-order valence-electron chi connectivity index (χ3n) is 2.04. The Morgan fingerprint density at radius 3 is 2.77 bits per heavy atom. The molecule has 0 aromatic heterocycles. The van der Waals surface area contributed by atoms with Gasteiger partial charge in [0.2, 0.25) is 12.5 Å². The number of hydrogen-bond donors (Lipinski definition) is 0. The van der Waals surface area contributed by atoms with Crippen LogP contribution in [0.25, 0.3) is 0 Å². The Morgan fingerprint density at radius 2 is 1.85 bits per heavy atom. The summed E-state index contributed by atoms with van der Waals surface area (Å²) in [6.07, 6.45) is 0. The first kappa shape index (κ1) is 6.88. The smallest absolute Gasteiger partial charge is 0.389 e. The Kier molecular flexibility index (Phi) is 1.30. The predicted molar refractivity (Wildman–Crippen MR) is 43.6 cm³/mol. The van der Waals surface area contributed by atoms with Crippen LogP contribution in [0.3, 0.4) is 0 Å². The van der Waals surface area contributed by atoms with Crippen molar-refractivity contribution in [3.8, 4) is 23.0 Å². The second-order valence-electron chi connectivity index (χ2n) is 2.85. The molecule has 0 amide bonds. The Labute approximate surface area is 75.0 Å². The summed E-state index contributed by atoms with van der Waals surface area (Å²) >= 11 is 0. The van der Waals surface area contributed by atoms with Crippen molar-refractivity contribution < 1.29 is 18.9 Å². The summed E-state index contributed by atoms with van der Waals surface area (Å²) in [5.74, 6) is 2.92. The summed E-state index contributed by atoms with van der Waals surface area (Å²) in [7, 11) is 0. The average Bonchev–Trinajstić information content (AvgIpc) is 2.61. The third-order valence-corrected chi connectivity index (χ3v) is 2.04. The van der Waals surface area contributed by atoms with Crippen molar-refractivity contribution in [2.75, 3.05) is 20.0 Å². The molecule has 0 aliphatic carbocycles. The minimum Gasteiger partial charge on any atom is -0.475 e. The zero-order valence-electron chi connectivity index (χ0n) is 6.91. The number of ether oxygens (including phenoxy) is 4. The largest absolute Gasteiger partial charge is 0.475 e. The first-order valence-corrected chi connectivity index (χ1v) is 4.13. The number of hydrogen-bond acceptors (Lipinski definition) is 4. The second-order valence-corrected chi connectivity index (χ2v) is 2.85. The predicted octanol–water partition coefficient (Wildman–Crippen LogP) is 1.19. The van der Waals surface area contributed by atoms with Gasteiger partial charge in [0.25, 0.3) is 6.61 Å². The van der Waals surface area contributed by atoms with E-state index in [9.17, 15) is 0 Å². The van der Waals surface area contributed by atoms with Crippen molar-refractivity contribution in [2.45, 2.75) is 0 Å². The van der Waals surface area contributed by atoms with Crippen LogP contribution in [0.4, 0.5) is 0 Å². The van der Waals surface area contributed by atoms with Crippen molar-refractivity contribution in [2.24, 2.45) is 0 Å². The molecule has 0 spiro atoms. The minimum atomic E-state index is 0.276. The lowest BCUT2D eigenvalue weighted by Gasteiger charge is -2.08. The normalized spacial score (nSPS) is 17.2. The van der Waals surface area contributed by atoms with Crippen LogP contribution in [0, 0.1) is 0 Å². The van der Waals surface area contributed by atoms with Crippen LogP contribution < -0.4 is 18.9 Å². The molecule has 2 aliphatic rings. The van der Waals surface area contributed by atoms with Gasteiger partial charge in [0.1, 0.15) is 0 Å². The summed E-state index contributed by atoms with van der Waals surface area (Å²) in [4.78, 5) is 0. The van der Waals surface area contributed by atoms with Gasteiger partial charge >= 0.3 is 5.75 Å². The Morgan fingerprint density at radius 1 is 1.00 bits per heavy atom. The maximum absolute atomic E-state index is 5.39. The number of fused-ring (bicyclic) bond motifs is 2. The van der Waals surface area contributed by atoms with E-state index in [2.05, 4.69) is 0 Å². The summed E-state index contributed by atoms with van der Waals surface area (Å²) in [6, 6.07) is 3.60. The maximum atomic E-state index is 5.39. The van der Waals surface area contributed by atoms with Gasteiger partial charge in [0.15, 0.2) is 18.1 Å². The van der Waals surface area contributed by atoms with Crippen LogP contribution in [0.1, 0.15) is 0 Å². The first-order chi connectivity index (χ1) is 6.43.